The number of amides is 2. The molecule has 0 spiro atoms. The zero-order valence-electron chi connectivity index (χ0n) is 22.3. The quantitative estimate of drug-likeness (QED) is 0.192. The minimum absolute atomic E-state index is 0.0372. The number of carbonyl (C=O) groups is 3. The van der Waals surface area contributed by atoms with Crippen LogP contribution < -0.4 is 20.7 Å². The molecular formula is C29H40ClN3O4S. The van der Waals surface area contributed by atoms with Gasteiger partial charge in [0.05, 0.1) is 19.7 Å². The van der Waals surface area contributed by atoms with Gasteiger partial charge in [-0.15, -0.1) is 0 Å². The van der Waals surface area contributed by atoms with Gasteiger partial charge in [-0.25, -0.2) is 0 Å². The number of rotatable bonds is 17. The number of halogens is 1. The van der Waals surface area contributed by atoms with E-state index >= 15 is 0 Å². The van der Waals surface area contributed by atoms with E-state index in [2.05, 4.69) is 16.0 Å². The monoisotopic (exact) mass is 561 g/mol. The van der Waals surface area contributed by atoms with Crippen molar-refractivity contribution in [1.29, 1.82) is 0 Å². The van der Waals surface area contributed by atoms with Crippen LogP contribution in [-0.4, -0.2) is 62.9 Å². The summed E-state index contributed by atoms with van der Waals surface area (Å²) in [6.45, 7) is 3.53. The van der Waals surface area contributed by atoms with Gasteiger partial charge in [-0.05, 0) is 56.3 Å². The van der Waals surface area contributed by atoms with Crippen molar-refractivity contribution in [3.05, 3.63) is 70.8 Å². The van der Waals surface area contributed by atoms with E-state index in [0.717, 1.165) is 47.1 Å². The zero-order valence-corrected chi connectivity index (χ0v) is 23.9. The molecule has 0 aromatic heterocycles. The Kier molecular flexibility index (Phi) is 19.4. The molecule has 0 saturated heterocycles. The van der Waals surface area contributed by atoms with Crippen LogP contribution in [0.15, 0.2) is 54.6 Å². The highest BCUT2D eigenvalue weighted by atomic mass is 35.5. The highest BCUT2D eigenvalue weighted by Gasteiger charge is 2.02. The Labute approximate surface area is 236 Å². The number of hydrogen-bond donors (Lipinski definition) is 3. The number of hydrogen-bond acceptors (Lipinski definition) is 6. The lowest BCUT2D eigenvalue weighted by Crippen LogP contribution is -2.32. The van der Waals surface area contributed by atoms with Gasteiger partial charge in [0.1, 0.15) is 12.0 Å². The van der Waals surface area contributed by atoms with Crippen LogP contribution in [0, 0.1) is 6.92 Å². The first-order chi connectivity index (χ1) is 18.5. The van der Waals surface area contributed by atoms with Gasteiger partial charge in [-0.1, -0.05) is 60.5 Å². The SMILES string of the molecule is CNCC(=O)NC/C=C/c1ccccc1OCCSCCCCCC(=O)NCC=O.Cc1cccc(Cl)c1. The van der Waals surface area contributed by atoms with Gasteiger partial charge in [0.15, 0.2) is 0 Å². The van der Waals surface area contributed by atoms with Crippen molar-refractivity contribution in [1.82, 2.24) is 16.0 Å². The first-order valence-corrected chi connectivity index (χ1v) is 14.3. The summed E-state index contributed by atoms with van der Waals surface area (Å²) in [5.41, 5.74) is 2.19. The standard InChI is InChI=1S/C22H33N3O4S.C7H7Cl/c1-23-18-22(28)24-12-7-9-19-8-4-5-10-20(19)29-15-17-30-16-6-2-3-11-21(27)25-13-14-26;1-6-3-2-4-7(8)5-6/h4-5,7-10,14,23H,2-3,6,11-13,15-18H2,1H3,(H,24,28)(H,25,27);2-5H,1H3/b9-7+;. The number of nitrogens with one attached hydrogen (secondary N) is 3. The molecular weight excluding hydrogens is 522 g/mol. The van der Waals surface area contributed by atoms with E-state index in [1.807, 2.05) is 79.4 Å². The molecule has 0 unspecified atom stereocenters. The maximum atomic E-state index is 11.4. The number of aldehydes is 1. The molecule has 38 heavy (non-hydrogen) atoms. The third-order valence-electron chi connectivity index (χ3n) is 5.01. The van der Waals surface area contributed by atoms with Crippen LogP contribution in [0.2, 0.25) is 5.02 Å². The first kappa shape index (κ1) is 33.2. The van der Waals surface area contributed by atoms with Crippen LogP contribution >= 0.6 is 23.4 Å². The Balaban J connectivity index is 0.000000763. The number of benzene rings is 2. The van der Waals surface area contributed by atoms with Gasteiger partial charge < -0.3 is 25.5 Å². The van der Waals surface area contributed by atoms with Gasteiger partial charge in [-0.3, -0.25) is 9.59 Å². The number of carbonyl (C=O) groups excluding carboxylic acids is 3. The molecule has 0 aliphatic carbocycles. The zero-order chi connectivity index (χ0) is 27.8. The molecule has 2 aromatic rings. The highest BCUT2D eigenvalue weighted by molar-refractivity contribution is 7.99. The van der Waals surface area contributed by atoms with E-state index in [9.17, 15) is 14.4 Å². The fourth-order valence-corrected chi connectivity index (χ4v) is 4.22. The number of ether oxygens (including phenoxy) is 1. The molecule has 0 aliphatic heterocycles. The largest absolute Gasteiger partial charge is 0.492 e. The molecule has 9 heteroatoms. The van der Waals surface area contributed by atoms with Crippen LogP contribution in [0.3, 0.4) is 0 Å². The minimum atomic E-state index is -0.0591. The summed E-state index contributed by atoms with van der Waals surface area (Å²) in [6, 6.07) is 15.6. The summed E-state index contributed by atoms with van der Waals surface area (Å²) >= 11 is 7.48. The third kappa shape index (κ3) is 17.6. The van der Waals surface area contributed by atoms with Crippen molar-refractivity contribution in [2.75, 3.05) is 44.8 Å². The molecule has 0 radical (unpaired) electrons. The number of unbranched alkanes of at least 4 members (excludes halogenated alkanes) is 2. The van der Waals surface area contributed by atoms with Gasteiger partial charge in [0, 0.05) is 29.3 Å². The van der Waals surface area contributed by atoms with Crippen molar-refractivity contribution in [3.63, 3.8) is 0 Å². The second-order valence-electron chi connectivity index (χ2n) is 8.32. The molecule has 0 atom stereocenters. The van der Waals surface area contributed by atoms with E-state index in [4.69, 9.17) is 16.3 Å². The molecule has 208 valence electrons. The average Bonchev–Trinajstić information content (AvgIpc) is 2.90. The summed E-state index contributed by atoms with van der Waals surface area (Å²) in [4.78, 5) is 32.9. The van der Waals surface area contributed by atoms with E-state index in [0.29, 0.717) is 32.4 Å². The Morgan fingerprint density at radius 2 is 1.76 bits per heavy atom. The number of aryl methyl sites for hydroxylation is 1. The highest BCUT2D eigenvalue weighted by Crippen LogP contribution is 2.20. The normalized spacial score (nSPS) is 10.4. The first-order valence-electron chi connectivity index (χ1n) is 12.8. The average molecular weight is 562 g/mol. The Morgan fingerprint density at radius 1 is 0.974 bits per heavy atom. The molecule has 2 amide bonds. The third-order valence-corrected chi connectivity index (χ3v) is 6.28. The summed E-state index contributed by atoms with van der Waals surface area (Å²) in [6.07, 6.45) is 7.93. The van der Waals surface area contributed by atoms with Gasteiger partial charge in [0.2, 0.25) is 11.8 Å². The summed E-state index contributed by atoms with van der Waals surface area (Å²) < 4.78 is 5.90. The summed E-state index contributed by atoms with van der Waals surface area (Å²) in [5, 5.41) is 8.96. The molecule has 0 saturated carbocycles. The predicted octanol–water partition coefficient (Wildman–Crippen LogP) is 4.67. The Bertz CT molecular complexity index is 971. The van der Waals surface area contributed by atoms with Crippen molar-refractivity contribution in [2.24, 2.45) is 0 Å². The maximum Gasteiger partial charge on any atom is 0.234 e. The minimum Gasteiger partial charge on any atom is -0.492 e. The van der Waals surface area contributed by atoms with Crippen molar-refractivity contribution in [2.45, 2.75) is 32.6 Å². The van der Waals surface area contributed by atoms with E-state index in [1.54, 1.807) is 7.05 Å². The molecule has 0 bridgehead atoms. The topological polar surface area (TPSA) is 96.5 Å². The summed E-state index contributed by atoms with van der Waals surface area (Å²) in [7, 11) is 1.74. The Morgan fingerprint density at radius 3 is 2.47 bits per heavy atom. The van der Waals surface area contributed by atoms with Gasteiger partial charge >= 0.3 is 0 Å². The van der Waals surface area contributed by atoms with E-state index < -0.39 is 0 Å². The van der Waals surface area contributed by atoms with Crippen LogP contribution in [-0.2, 0) is 14.4 Å². The summed E-state index contributed by atoms with van der Waals surface area (Å²) in [5.74, 6) is 2.67. The van der Waals surface area contributed by atoms with Crippen molar-refractivity contribution >= 4 is 47.5 Å². The molecule has 0 heterocycles. The predicted molar refractivity (Wildman–Crippen MR) is 159 cm³/mol. The van der Waals surface area contributed by atoms with Crippen LogP contribution in [0.1, 0.15) is 36.8 Å². The lowest BCUT2D eigenvalue weighted by atomic mass is 10.2. The van der Waals surface area contributed by atoms with Gasteiger partial charge in [-0.2, -0.15) is 11.8 Å². The molecule has 0 aliphatic rings. The Hall–Kier alpha value is -2.81. The molecule has 3 N–H and O–H groups in total. The van der Waals surface area contributed by atoms with E-state index in [-0.39, 0.29) is 18.4 Å². The van der Waals surface area contributed by atoms with Crippen LogP contribution in [0.25, 0.3) is 6.08 Å². The second-order valence-corrected chi connectivity index (χ2v) is 9.98. The smallest absolute Gasteiger partial charge is 0.234 e. The molecule has 2 rings (SSSR count). The fourth-order valence-electron chi connectivity index (χ4n) is 3.16. The van der Waals surface area contributed by atoms with Crippen molar-refractivity contribution < 1.29 is 19.1 Å². The molecule has 2 aromatic carbocycles. The lowest BCUT2D eigenvalue weighted by molar-refractivity contribution is -0.122. The molecule has 0 fully saturated rings. The number of thioether (sulfide) groups is 1. The maximum absolute atomic E-state index is 11.4. The van der Waals surface area contributed by atoms with E-state index in [1.165, 1.54) is 5.56 Å². The lowest BCUT2D eigenvalue weighted by Gasteiger charge is -2.09. The van der Waals surface area contributed by atoms with Gasteiger partial charge in [0.25, 0.3) is 0 Å². The second kappa shape index (κ2) is 22.2. The molecule has 7 nitrogen and oxygen atoms in total. The van der Waals surface area contributed by atoms with Crippen molar-refractivity contribution in [3.8, 4) is 5.75 Å². The number of likely N-dealkylation sites (N-methyl/N-ethyl adjacent to an activating group) is 1. The number of para-hydroxylation sites is 1. The van der Waals surface area contributed by atoms with Crippen LogP contribution in [0.5, 0.6) is 5.75 Å². The van der Waals surface area contributed by atoms with Crippen LogP contribution in [0.4, 0.5) is 0 Å². The fraction of sp³-hybridized carbons (Fsp3) is 0.414.